The molecule has 0 aliphatic heterocycles. The zero-order valence-electron chi connectivity index (χ0n) is 10.9. The number of amides is 1. The molecule has 0 aromatic heterocycles. The van der Waals surface area contributed by atoms with Crippen LogP contribution in [0, 0.1) is 5.82 Å². The minimum Gasteiger partial charge on any atom is -0.480 e. The normalized spacial score (nSPS) is 11.2. The van der Waals surface area contributed by atoms with Gasteiger partial charge in [-0.25, -0.2) is 4.39 Å². The summed E-state index contributed by atoms with van der Waals surface area (Å²) in [4.78, 5) is 23.9. The predicted molar refractivity (Wildman–Crippen MR) is 69.9 cm³/mol. The van der Waals surface area contributed by atoms with Crippen LogP contribution in [0.15, 0.2) is 29.8 Å². The molecule has 1 amide bonds. The van der Waals surface area contributed by atoms with E-state index in [0.717, 1.165) is 0 Å². The summed E-state index contributed by atoms with van der Waals surface area (Å²) in [7, 11) is 0. The molecule has 1 N–H and O–H groups in total. The molecule has 0 bridgehead atoms. The molecule has 102 valence electrons. The van der Waals surface area contributed by atoms with Gasteiger partial charge in [-0.1, -0.05) is 12.1 Å². The summed E-state index contributed by atoms with van der Waals surface area (Å²) < 4.78 is 12.7. The summed E-state index contributed by atoms with van der Waals surface area (Å²) in [5, 5.41) is 8.71. The second kappa shape index (κ2) is 6.68. The zero-order valence-corrected chi connectivity index (χ0v) is 10.9. The molecule has 0 unspecified atom stereocenters. The molecule has 1 aromatic rings. The Morgan fingerprint density at radius 1 is 1.32 bits per heavy atom. The Balaban J connectivity index is 2.85. The van der Waals surface area contributed by atoms with Gasteiger partial charge < -0.3 is 10.0 Å². The third-order valence-corrected chi connectivity index (χ3v) is 2.59. The summed E-state index contributed by atoms with van der Waals surface area (Å²) in [6, 6.07) is 5.72. The molecule has 0 heterocycles. The van der Waals surface area contributed by atoms with Crippen LogP contribution in [0.25, 0.3) is 6.08 Å². The highest BCUT2D eigenvalue weighted by molar-refractivity contribution is 5.98. The number of halogens is 1. The molecule has 4 nitrogen and oxygen atoms in total. The summed E-state index contributed by atoms with van der Waals surface area (Å²) >= 11 is 0. The molecule has 0 fully saturated rings. The van der Waals surface area contributed by atoms with Crippen molar-refractivity contribution in [1.29, 1.82) is 0 Å². The highest BCUT2D eigenvalue weighted by atomic mass is 19.1. The first-order valence-electron chi connectivity index (χ1n) is 5.89. The topological polar surface area (TPSA) is 57.6 Å². The number of carboxylic acids is 1. The van der Waals surface area contributed by atoms with Crippen LogP contribution in [0.4, 0.5) is 4.39 Å². The minimum absolute atomic E-state index is 0.319. The van der Waals surface area contributed by atoms with Gasteiger partial charge in [0.05, 0.1) is 0 Å². The van der Waals surface area contributed by atoms with Gasteiger partial charge >= 0.3 is 5.97 Å². The van der Waals surface area contributed by atoms with Crippen molar-refractivity contribution in [2.45, 2.75) is 13.8 Å². The Hall–Kier alpha value is -2.17. The Kier molecular flexibility index (Phi) is 5.23. The lowest BCUT2D eigenvalue weighted by Gasteiger charge is -2.18. The fourth-order valence-corrected chi connectivity index (χ4v) is 1.61. The average molecular weight is 265 g/mol. The van der Waals surface area contributed by atoms with Crippen molar-refractivity contribution in [2.75, 3.05) is 13.1 Å². The molecule has 0 aliphatic carbocycles. The average Bonchev–Trinajstić information content (AvgIpc) is 2.37. The van der Waals surface area contributed by atoms with Crippen LogP contribution in [-0.4, -0.2) is 35.0 Å². The van der Waals surface area contributed by atoms with Crippen LogP contribution in [0.2, 0.25) is 0 Å². The van der Waals surface area contributed by atoms with Gasteiger partial charge in [0.1, 0.15) is 12.4 Å². The van der Waals surface area contributed by atoms with Crippen molar-refractivity contribution in [2.24, 2.45) is 0 Å². The van der Waals surface area contributed by atoms with Crippen molar-refractivity contribution < 1.29 is 19.1 Å². The van der Waals surface area contributed by atoms with Gasteiger partial charge in [0.25, 0.3) is 0 Å². The fraction of sp³-hybridized carbons (Fsp3) is 0.286. The number of benzene rings is 1. The van der Waals surface area contributed by atoms with E-state index in [9.17, 15) is 14.0 Å². The maximum atomic E-state index is 12.7. The van der Waals surface area contributed by atoms with E-state index < -0.39 is 5.97 Å². The van der Waals surface area contributed by atoms with Gasteiger partial charge in [-0.2, -0.15) is 0 Å². The van der Waals surface area contributed by atoms with E-state index in [1.165, 1.54) is 17.0 Å². The van der Waals surface area contributed by atoms with Crippen molar-refractivity contribution in [3.8, 4) is 0 Å². The van der Waals surface area contributed by atoms with Gasteiger partial charge in [0.2, 0.25) is 5.91 Å². The van der Waals surface area contributed by atoms with Crippen LogP contribution in [0.3, 0.4) is 0 Å². The first-order chi connectivity index (χ1) is 8.93. The molecule has 0 aliphatic rings. The quantitative estimate of drug-likeness (QED) is 0.830. The summed E-state index contributed by atoms with van der Waals surface area (Å²) in [5.74, 6) is -1.74. The number of carboxylic acid groups (broad SMARTS) is 1. The fourth-order valence-electron chi connectivity index (χ4n) is 1.61. The van der Waals surface area contributed by atoms with E-state index in [1.807, 2.05) is 0 Å². The van der Waals surface area contributed by atoms with Crippen LogP contribution < -0.4 is 0 Å². The lowest BCUT2D eigenvalue weighted by Crippen LogP contribution is -2.35. The van der Waals surface area contributed by atoms with E-state index in [1.54, 1.807) is 32.1 Å². The second-order valence-electron chi connectivity index (χ2n) is 4.09. The van der Waals surface area contributed by atoms with Crippen molar-refractivity contribution in [1.82, 2.24) is 4.90 Å². The number of carbonyl (C=O) groups excluding carboxylic acids is 1. The smallest absolute Gasteiger partial charge is 0.323 e. The van der Waals surface area contributed by atoms with E-state index in [2.05, 4.69) is 0 Å². The van der Waals surface area contributed by atoms with Crippen LogP contribution in [-0.2, 0) is 9.59 Å². The third kappa shape index (κ3) is 4.54. The lowest BCUT2D eigenvalue weighted by atomic mass is 10.1. The van der Waals surface area contributed by atoms with Gasteiger partial charge in [0.15, 0.2) is 0 Å². The van der Waals surface area contributed by atoms with Crippen LogP contribution >= 0.6 is 0 Å². The van der Waals surface area contributed by atoms with E-state index in [4.69, 9.17) is 5.11 Å². The molecular formula is C14H16FNO3. The summed E-state index contributed by atoms with van der Waals surface area (Å²) in [5.41, 5.74) is 1.10. The molecule has 5 heteroatoms. The number of carbonyl (C=O) groups is 2. The third-order valence-electron chi connectivity index (χ3n) is 2.59. The largest absolute Gasteiger partial charge is 0.480 e. The van der Waals surface area contributed by atoms with E-state index in [0.29, 0.717) is 17.7 Å². The van der Waals surface area contributed by atoms with E-state index >= 15 is 0 Å². The Morgan fingerprint density at radius 3 is 2.37 bits per heavy atom. The number of nitrogens with zero attached hydrogens (tertiary/aromatic N) is 1. The molecule has 0 radical (unpaired) electrons. The van der Waals surface area contributed by atoms with Crippen molar-refractivity contribution in [3.05, 3.63) is 41.2 Å². The number of hydrogen-bond donors (Lipinski definition) is 1. The van der Waals surface area contributed by atoms with Gasteiger partial charge in [0, 0.05) is 12.1 Å². The number of rotatable bonds is 5. The minimum atomic E-state index is -1.05. The molecule has 19 heavy (non-hydrogen) atoms. The lowest BCUT2D eigenvalue weighted by molar-refractivity contribution is -0.142. The monoisotopic (exact) mass is 265 g/mol. The Bertz CT molecular complexity index is 494. The maximum absolute atomic E-state index is 12.7. The number of aliphatic carboxylic acids is 1. The standard InChI is InChI=1S/C14H16FNO3/c1-3-16(9-13(17)18)14(19)10(2)8-11-4-6-12(15)7-5-11/h4-8H,3,9H2,1-2H3,(H,17,18). The highest BCUT2D eigenvalue weighted by Gasteiger charge is 2.16. The summed E-state index contributed by atoms with van der Waals surface area (Å²) in [6.07, 6.45) is 1.60. The molecule has 0 atom stereocenters. The highest BCUT2D eigenvalue weighted by Crippen LogP contribution is 2.10. The molecule has 1 aromatic carbocycles. The molecule has 0 saturated heterocycles. The van der Waals surface area contributed by atoms with Crippen molar-refractivity contribution >= 4 is 18.0 Å². The van der Waals surface area contributed by atoms with Crippen molar-refractivity contribution in [3.63, 3.8) is 0 Å². The first kappa shape index (κ1) is 14.9. The number of hydrogen-bond acceptors (Lipinski definition) is 2. The SMILES string of the molecule is CCN(CC(=O)O)C(=O)C(C)=Cc1ccc(F)cc1. The van der Waals surface area contributed by atoms with Crippen LogP contribution in [0.1, 0.15) is 19.4 Å². The number of likely N-dealkylation sites (N-methyl/N-ethyl adjacent to an activating group) is 1. The van der Waals surface area contributed by atoms with Crippen LogP contribution in [0.5, 0.6) is 0 Å². The summed E-state index contributed by atoms with van der Waals surface area (Å²) in [6.45, 7) is 3.31. The molecule has 0 saturated carbocycles. The maximum Gasteiger partial charge on any atom is 0.323 e. The van der Waals surface area contributed by atoms with Gasteiger partial charge in [-0.15, -0.1) is 0 Å². The Morgan fingerprint density at radius 2 is 1.89 bits per heavy atom. The molecule has 1 rings (SSSR count). The molecule has 0 spiro atoms. The zero-order chi connectivity index (χ0) is 14.4. The predicted octanol–water partition coefficient (Wildman–Crippen LogP) is 2.16. The van der Waals surface area contributed by atoms with Gasteiger partial charge in [-0.3, -0.25) is 9.59 Å². The Labute approximate surface area is 111 Å². The second-order valence-corrected chi connectivity index (χ2v) is 4.09. The molecular weight excluding hydrogens is 249 g/mol. The van der Waals surface area contributed by atoms with Gasteiger partial charge in [-0.05, 0) is 37.6 Å². The van der Waals surface area contributed by atoms with E-state index in [-0.39, 0.29) is 18.3 Å². The first-order valence-corrected chi connectivity index (χ1v) is 5.89.